The van der Waals surface area contributed by atoms with E-state index in [1.807, 2.05) is 0 Å². The molecular weight excluding hydrogens is 286 g/mol. The highest BCUT2D eigenvalue weighted by molar-refractivity contribution is 5.85. The number of unbranched alkanes of at least 4 members (excludes halogenated alkanes) is 1. The lowest BCUT2D eigenvalue weighted by Gasteiger charge is -2.18. The second-order valence-corrected chi connectivity index (χ2v) is 4.57. The summed E-state index contributed by atoms with van der Waals surface area (Å²) in [5, 5.41) is 19.7. The third-order valence-electron chi connectivity index (χ3n) is 2.89. The van der Waals surface area contributed by atoms with Crippen LogP contribution in [0.15, 0.2) is 0 Å². The highest BCUT2D eigenvalue weighted by Gasteiger charge is 2.18. The van der Waals surface area contributed by atoms with E-state index in [2.05, 4.69) is 5.32 Å². The fourth-order valence-electron chi connectivity index (χ4n) is 1.69. The second kappa shape index (κ2) is 13.1. The summed E-state index contributed by atoms with van der Waals surface area (Å²) in [7, 11) is 0. The van der Waals surface area contributed by atoms with Crippen LogP contribution in [0.1, 0.15) is 38.5 Å². The molecule has 7 nitrogen and oxygen atoms in total. The van der Waals surface area contributed by atoms with Crippen molar-refractivity contribution >= 4 is 24.3 Å². The van der Waals surface area contributed by atoms with Gasteiger partial charge in [0.2, 0.25) is 0 Å². The molecule has 120 valence electrons. The Morgan fingerprint density at radius 1 is 1.25 bits per heavy atom. The van der Waals surface area contributed by atoms with Gasteiger partial charge in [-0.2, -0.15) is 0 Å². The molecule has 0 amide bonds. The van der Waals surface area contributed by atoms with Gasteiger partial charge in [-0.15, -0.1) is 12.4 Å². The highest BCUT2D eigenvalue weighted by atomic mass is 35.5. The molecule has 1 rings (SSSR count). The number of halogens is 1. The van der Waals surface area contributed by atoms with Crippen LogP contribution in [0.25, 0.3) is 0 Å². The van der Waals surface area contributed by atoms with Crippen LogP contribution < -0.4 is 16.8 Å². The average Bonchev–Trinajstić information content (AvgIpc) is 2.40. The fourth-order valence-corrected chi connectivity index (χ4v) is 1.69. The Bertz CT molecular complexity index is 273. The van der Waals surface area contributed by atoms with Gasteiger partial charge in [-0.05, 0) is 38.8 Å². The maximum Gasteiger partial charge on any atom is 0.320 e. The van der Waals surface area contributed by atoms with Crippen LogP contribution >= 0.6 is 12.4 Å². The number of carboxylic acids is 2. The Labute approximate surface area is 125 Å². The molecule has 7 N–H and O–H groups in total. The van der Waals surface area contributed by atoms with Crippen molar-refractivity contribution in [3.8, 4) is 0 Å². The first-order valence-corrected chi connectivity index (χ1v) is 6.63. The fraction of sp³-hybridized carbons (Fsp3) is 0.833. The molecule has 1 heterocycles. The summed E-state index contributed by atoms with van der Waals surface area (Å²) in [4.78, 5) is 20.4. The van der Waals surface area contributed by atoms with Crippen molar-refractivity contribution in [1.82, 2.24) is 5.32 Å². The number of rotatable bonds is 6. The van der Waals surface area contributed by atoms with E-state index in [0.717, 1.165) is 38.6 Å². The predicted molar refractivity (Wildman–Crippen MR) is 79.0 cm³/mol. The van der Waals surface area contributed by atoms with E-state index >= 15 is 0 Å². The molecule has 0 spiro atoms. The summed E-state index contributed by atoms with van der Waals surface area (Å²) >= 11 is 0. The van der Waals surface area contributed by atoms with Crippen LogP contribution in [0, 0.1) is 0 Å². The third kappa shape index (κ3) is 11.0. The number of carbonyl (C=O) groups is 2. The largest absolute Gasteiger partial charge is 0.480 e. The van der Waals surface area contributed by atoms with Gasteiger partial charge in [0.1, 0.15) is 12.1 Å². The smallest absolute Gasteiger partial charge is 0.320 e. The van der Waals surface area contributed by atoms with Crippen molar-refractivity contribution in [2.24, 2.45) is 11.5 Å². The van der Waals surface area contributed by atoms with E-state index in [1.54, 1.807) is 0 Å². The summed E-state index contributed by atoms with van der Waals surface area (Å²) in [6.07, 6.45) is 5.11. The van der Waals surface area contributed by atoms with Crippen molar-refractivity contribution in [2.45, 2.75) is 50.6 Å². The quantitative estimate of drug-likeness (QED) is 0.440. The number of hydrogen-bond acceptors (Lipinski definition) is 5. The molecule has 1 unspecified atom stereocenters. The lowest BCUT2D eigenvalue weighted by Crippen LogP contribution is -2.40. The SMILES string of the molecule is Cl.NCCCC[C@H](N)C(=O)O.O=C(O)C1CCCCN1. The van der Waals surface area contributed by atoms with Crippen molar-refractivity contribution in [2.75, 3.05) is 13.1 Å². The number of piperidine rings is 1. The zero-order chi connectivity index (χ0) is 14.7. The maximum atomic E-state index is 10.3. The molecular formula is C12H26ClN3O4. The van der Waals surface area contributed by atoms with Crippen molar-refractivity contribution < 1.29 is 19.8 Å². The Morgan fingerprint density at radius 2 is 1.90 bits per heavy atom. The Morgan fingerprint density at radius 3 is 2.25 bits per heavy atom. The molecule has 0 bridgehead atoms. The summed E-state index contributed by atoms with van der Waals surface area (Å²) in [5.41, 5.74) is 10.4. The standard InChI is InChI=1S/C6H14N2O2.C6H11NO2.ClH/c7-4-2-1-3-5(8)6(9)10;8-6(9)5-3-1-2-4-7-5;/h5H,1-4,7-8H2,(H,9,10);5,7H,1-4H2,(H,8,9);1H/t5-;;/m0../s1. The van der Waals surface area contributed by atoms with Gasteiger partial charge < -0.3 is 27.0 Å². The van der Waals surface area contributed by atoms with Gasteiger partial charge in [0.15, 0.2) is 0 Å². The van der Waals surface area contributed by atoms with Gasteiger partial charge in [0.25, 0.3) is 0 Å². The van der Waals surface area contributed by atoms with Crippen molar-refractivity contribution in [3.05, 3.63) is 0 Å². The summed E-state index contributed by atoms with van der Waals surface area (Å²) in [6.45, 7) is 1.46. The van der Waals surface area contributed by atoms with E-state index in [1.165, 1.54) is 0 Å². The molecule has 0 aromatic rings. The Balaban J connectivity index is 0. The first-order chi connectivity index (χ1) is 8.99. The molecule has 0 radical (unpaired) electrons. The Kier molecular flexibility index (Phi) is 14.0. The summed E-state index contributed by atoms with van der Waals surface area (Å²) in [6, 6.07) is -0.995. The predicted octanol–water partition coefficient (Wildman–Crippen LogP) is 0.162. The summed E-state index contributed by atoms with van der Waals surface area (Å²) in [5.74, 6) is -1.65. The molecule has 0 aromatic carbocycles. The molecule has 0 aliphatic carbocycles. The van der Waals surface area contributed by atoms with E-state index in [9.17, 15) is 9.59 Å². The molecule has 0 aromatic heterocycles. The Hall–Kier alpha value is -0.890. The number of aliphatic carboxylic acids is 2. The number of nitrogens with one attached hydrogen (secondary N) is 1. The molecule has 0 saturated carbocycles. The van der Waals surface area contributed by atoms with Crippen LogP contribution in [0.2, 0.25) is 0 Å². The topological polar surface area (TPSA) is 139 Å². The van der Waals surface area contributed by atoms with E-state index in [-0.39, 0.29) is 18.4 Å². The van der Waals surface area contributed by atoms with Crippen LogP contribution in [0.4, 0.5) is 0 Å². The van der Waals surface area contributed by atoms with Crippen LogP contribution in [-0.4, -0.2) is 47.3 Å². The minimum absolute atomic E-state index is 0. The number of nitrogens with two attached hydrogens (primary N) is 2. The minimum atomic E-state index is -0.933. The van der Waals surface area contributed by atoms with Crippen LogP contribution in [-0.2, 0) is 9.59 Å². The van der Waals surface area contributed by atoms with E-state index in [4.69, 9.17) is 21.7 Å². The van der Waals surface area contributed by atoms with Gasteiger partial charge in [-0.25, -0.2) is 0 Å². The monoisotopic (exact) mass is 311 g/mol. The second-order valence-electron chi connectivity index (χ2n) is 4.57. The first kappa shape index (κ1) is 21.4. The van der Waals surface area contributed by atoms with Gasteiger partial charge in [-0.1, -0.05) is 12.8 Å². The molecule has 1 aliphatic rings. The third-order valence-corrected chi connectivity index (χ3v) is 2.89. The summed E-state index contributed by atoms with van der Waals surface area (Å²) < 4.78 is 0. The van der Waals surface area contributed by atoms with E-state index in [0.29, 0.717) is 13.0 Å². The lowest BCUT2D eigenvalue weighted by atomic mass is 10.1. The average molecular weight is 312 g/mol. The lowest BCUT2D eigenvalue weighted by molar-refractivity contribution is -0.140. The maximum absolute atomic E-state index is 10.3. The molecule has 1 saturated heterocycles. The van der Waals surface area contributed by atoms with Gasteiger partial charge in [0.05, 0.1) is 0 Å². The number of carboxylic acid groups (broad SMARTS) is 2. The number of hydrogen-bond donors (Lipinski definition) is 5. The molecule has 20 heavy (non-hydrogen) atoms. The van der Waals surface area contributed by atoms with Crippen LogP contribution in [0.5, 0.6) is 0 Å². The minimum Gasteiger partial charge on any atom is -0.480 e. The van der Waals surface area contributed by atoms with E-state index < -0.39 is 18.0 Å². The van der Waals surface area contributed by atoms with Gasteiger partial charge in [0, 0.05) is 0 Å². The first-order valence-electron chi connectivity index (χ1n) is 6.63. The van der Waals surface area contributed by atoms with Crippen molar-refractivity contribution in [1.29, 1.82) is 0 Å². The molecule has 8 heteroatoms. The zero-order valence-electron chi connectivity index (χ0n) is 11.6. The molecule has 2 atom stereocenters. The van der Waals surface area contributed by atoms with Gasteiger partial charge in [-0.3, -0.25) is 9.59 Å². The van der Waals surface area contributed by atoms with Gasteiger partial charge >= 0.3 is 11.9 Å². The van der Waals surface area contributed by atoms with Crippen molar-refractivity contribution in [3.63, 3.8) is 0 Å². The highest BCUT2D eigenvalue weighted by Crippen LogP contribution is 2.05. The molecule has 1 aliphatic heterocycles. The van der Waals surface area contributed by atoms with Crippen LogP contribution in [0.3, 0.4) is 0 Å². The zero-order valence-corrected chi connectivity index (χ0v) is 12.4. The normalized spacial score (nSPS) is 19.0. The molecule has 1 fully saturated rings.